The molecule has 0 amide bonds. The minimum atomic E-state index is -4.96. The second kappa shape index (κ2) is 71.3. The molecule has 3 N–H and O–H groups in total. The van der Waals surface area contributed by atoms with Crippen molar-refractivity contribution in [2.75, 3.05) is 39.6 Å². The Morgan fingerprint density at radius 1 is 0.270 bits per heavy atom. The van der Waals surface area contributed by atoms with Crippen LogP contribution in [0.2, 0.25) is 0 Å². The van der Waals surface area contributed by atoms with Crippen LogP contribution in [0.3, 0.4) is 0 Å². The molecule has 0 aromatic heterocycles. The van der Waals surface area contributed by atoms with Crippen molar-refractivity contribution >= 4 is 39.5 Å². The van der Waals surface area contributed by atoms with E-state index in [4.69, 9.17) is 37.0 Å². The van der Waals surface area contributed by atoms with Gasteiger partial charge < -0.3 is 33.8 Å². The Kier molecular flexibility index (Phi) is 69.9. The molecule has 0 saturated carbocycles. The van der Waals surface area contributed by atoms with Crippen LogP contribution < -0.4 is 0 Å². The Morgan fingerprint density at radius 3 is 0.680 bits per heavy atom. The van der Waals surface area contributed by atoms with Crippen LogP contribution in [-0.4, -0.2) is 96.7 Å². The second-order valence-corrected chi connectivity index (χ2v) is 33.5. The van der Waals surface area contributed by atoms with Gasteiger partial charge >= 0.3 is 39.5 Å². The number of ether oxygens (including phenoxy) is 4. The van der Waals surface area contributed by atoms with E-state index in [1.807, 2.05) is 0 Å². The van der Waals surface area contributed by atoms with E-state index in [1.54, 1.807) is 0 Å². The summed E-state index contributed by atoms with van der Waals surface area (Å²) in [7, 11) is -9.92. The smallest absolute Gasteiger partial charge is 0.462 e. The molecule has 0 aromatic carbocycles. The van der Waals surface area contributed by atoms with E-state index < -0.39 is 97.5 Å². The largest absolute Gasteiger partial charge is 0.472 e. The van der Waals surface area contributed by atoms with E-state index in [2.05, 4.69) is 48.5 Å². The Labute approximate surface area is 613 Å². The maximum atomic E-state index is 13.1. The number of phosphoric acid groups is 2. The predicted octanol–water partition coefficient (Wildman–Crippen LogP) is 24.1. The van der Waals surface area contributed by atoms with Crippen molar-refractivity contribution in [3.05, 3.63) is 0 Å². The monoisotopic (exact) mass is 1470 g/mol. The summed E-state index contributed by atoms with van der Waals surface area (Å²) >= 11 is 0. The number of rotatable bonds is 79. The number of carbonyl (C=O) groups excluding carboxylic acids is 4. The molecule has 17 nitrogen and oxygen atoms in total. The number of esters is 4. The predicted molar refractivity (Wildman–Crippen MR) is 409 cm³/mol. The van der Waals surface area contributed by atoms with Crippen LogP contribution in [0.15, 0.2) is 0 Å². The number of aliphatic hydroxyl groups excluding tert-OH is 1. The Morgan fingerprint density at radius 2 is 0.460 bits per heavy atom. The zero-order chi connectivity index (χ0) is 73.7. The van der Waals surface area contributed by atoms with Crippen molar-refractivity contribution in [1.29, 1.82) is 0 Å². The van der Waals surface area contributed by atoms with Crippen LogP contribution in [0.4, 0.5) is 0 Å². The summed E-state index contributed by atoms with van der Waals surface area (Å²) in [6.45, 7) is 11.9. The van der Waals surface area contributed by atoms with Crippen LogP contribution in [0.25, 0.3) is 0 Å². The molecule has 0 fully saturated rings. The highest BCUT2D eigenvalue weighted by atomic mass is 31.2. The van der Waals surface area contributed by atoms with Gasteiger partial charge in [-0.2, -0.15) is 0 Å². The quantitative estimate of drug-likeness (QED) is 0.0222. The van der Waals surface area contributed by atoms with Crippen LogP contribution >= 0.6 is 15.6 Å². The molecule has 0 spiro atoms. The fraction of sp³-hybridized carbons (Fsp3) is 0.951. The van der Waals surface area contributed by atoms with E-state index in [-0.39, 0.29) is 25.7 Å². The fourth-order valence-electron chi connectivity index (χ4n) is 12.5. The van der Waals surface area contributed by atoms with Gasteiger partial charge in [0.25, 0.3) is 0 Å². The highest BCUT2D eigenvalue weighted by Crippen LogP contribution is 2.45. The van der Waals surface area contributed by atoms with Crippen molar-refractivity contribution < 1.29 is 80.2 Å². The van der Waals surface area contributed by atoms with Crippen molar-refractivity contribution in [3.8, 4) is 0 Å². The SMILES string of the molecule is CCCCCCCCCCCCCCCCCCCCCC(=O)O[C@H](COC(=O)CCCCCCCCCCCCCCCC(C)C)COP(=O)(O)OC[C@@H](O)COP(=O)(O)OC[C@@H](COC(=O)CCCCCCCCCC(C)C)OC(=O)CCCCCCCCCCCCCCC(C)C. The number of aliphatic hydroxyl groups is 1. The van der Waals surface area contributed by atoms with Gasteiger partial charge in [0, 0.05) is 25.7 Å². The van der Waals surface area contributed by atoms with Crippen LogP contribution in [0, 0.1) is 17.8 Å². The molecule has 0 aliphatic rings. The van der Waals surface area contributed by atoms with Crippen LogP contribution in [-0.2, 0) is 65.4 Å². The molecule has 0 rings (SSSR count). The molecule has 0 aliphatic heterocycles. The van der Waals surface area contributed by atoms with E-state index in [1.165, 1.54) is 225 Å². The fourth-order valence-corrected chi connectivity index (χ4v) is 14.1. The van der Waals surface area contributed by atoms with Gasteiger partial charge in [0.05, 0.1) is 26.4 Å². The van der Waals surface area contributed by atoms with Crippen LogP contribution in [0.1, 0.15) is 421 Å². The lowest BCUT2D eigenvalue weighted by atomic mass is 10.0. The van der Waals surface area contributed by atoms with Gasteiger partial charge in [-0.05, 0) is 43.4 Å². The molecule has 19 heteroatoms. The molecule has 594 valence electrons. The third kappa shape index (κ3) is 74.3. The molecular weight excluding hydrogens is 1310 g/mol. The number of unbranched alkanes of at least 4 members (excludes halogenated alkanes) is 47. The molecule has 5 atom stereocenters. The van der Waals surface area contributed by atoms with Crippen molar-refractivity contribution in [1.82, 2.24) is 0 Å². The lowest BCUT2D eigenvalue weighted by molar-refractivity contribution is -0.161. The highest BCUT2D eigenvalue weighted by molar-refractivity contribution is 7.47. The summed E-state index contributed by atoms with van der Waals surface area (Å²) in [5.41, 5.74) is 0. The molecule has 0 saturated heterocycles. The van der Waals surface area contributed by atoms with Crippen LogP contribution in [0.5, 0.6) is 0 Å². The molecule has 0 aliphatic carbocycles. The average molecular weight is 1470 g/mol. The Bertz CT molecular complexity index is 1940. The highest BCUT2D eigenvalue weighted by Gasteiger charge is 2.30. The van der Waals surface area contributed by atoms with Gasteiger partial charge in [0.15, 0.2) is 12.2 Å². The first-order valence-corrected chi connectivity index (χ1v) is 44.8. The van der Waals surface area contributed by atoms with Gasteiger partial charge in [-0.1, -0.05) is 370 Å². The molecule has 0 aromatic rings. The van der Waals surface area contributed by atoms with Gasteiger partial charge in [-0.25, -0.2) is 9.13 Å². The number of carbonyl (C=O) groups is 4. The Hall–Kier alpha value is -1.94. The summed E-state index contributed by atoms with van der Waals surface area (Å²) in [6.07, 6.45) is 59.7. The minimum absolute atomic E-state index is 0.106. The summed E-state index contributed by atoms with van der Waals surface area (Å²) < 4.78 is 68.7. The van der Waals surface area contributed by atoms with Gasteiger partial charge in [0.1, 0.15) is 19.3 Å². The summed E-state index contributed by atoms with van der Waals surface area (Å²) in [6, 6.07) is 0. The Balaban J connectivity index is 5.24. The summed E-state index contributed by atoms with van der Waals surface area (Å²) in [4.78, 5) is 73.0. The first kappa shape index (κ1) is 98.1. The summed E-state index contributed by atoms with van der Waals surface area (Å²) in [5, 5.41) is 10.6. The van der Waals surface area contributed by atoms with Gasteiger partial charge in [0.2, 0.25) is 0 Å². The number of hydrogen-bond acceptors (Lipinski definition) is 15. The average Bonchev–Trinajstić information content (AvgIpc) is 0.933. The minimum Gasteiger partial charge on any atom is -0.462 e. The molecular formula is C81H158O17P2. The van der Waals surface area contributed by atoms with Crippen molar-refractivity contribution in [3.63, 3.8) is 0 Å². The first-order chi connectivity index (χ1) is 48.2. The van der Waals surface area contributed by atoms with E-state index >= 15 is 0 Å². The van der Waals surface area contributed by atoms with Crippen molar-refractivity contribution in [2.45, 2.75) is 439 Å². The third-order valence-electron chi connectivity index (χ3n) is 18.9. The molecule has 100 heavy (non-hydrogen) atoms. The molecule has 0 bridgehead atoms. The lowest BCUT2D eigenvalue weighted by Gasteiger charge is -2.21. The van der Waals surface area contributed by atoms with E-state index in [0.29, 0.717) is 31.6 Å². The van der Waals surface area contributed by atoms with Gasteiger partial charge in [-0.3, -0.25) is 37.3 Å². The lowest BCUT2D eigenvalue weighted by Crippen LogP contribution is -2.30. The third-order valence-corrected chi connectivity index (χ3v) is 20.8. The van der Waals surface area contributed by atoms with Crippen molar-refractivity contribution in [2.24, 2.45) is 17.8 Å². The zero-order valence-electron chi connectivity index (χ0n) is 65.7. The maximum absolute atomic E-state index is 13.1. The molecule has 2 unspecified atom stereocenters. The molecule has 0 radical (unpaired) electrons. The zero-order valence-corrected chi connectivity index (χ0v) is 67.5. The summed E-state index contributed by atoms with van der Waals surface area (Å²) in [5.74, 6) is 0.161. The number of hydrogen-bond donors (Lipinski definition) is 3. The number of phosphoric ester groups is 2. The van der Waals surface area contributed by atoms with E-state index in [9.17, 15) is 43.2 Å². The first-order valence-electron chi connectivity index (χ1n) is 41.8. The van der Waals surface area contributed by atoms with E-state index in [0.717, 1.165) is 108 Å². The normalized spacial score (nSPS) is 14.0. The van der Waals surface area contributed by atoms with Gasteiger partial charge in [-0.15, -0.1) is 0 Å². The molecule has 0 heterocycles. The topological polar surface area (TPSA) is 237 Å². The standard InChI is InChI=1S/C81H158O17P2/c1-8-9-10-11-12-13-14-15-16-17-18-19-20-23-30-35-42-50-57-64-80(85)97-76(68-91-78(83)62-55-48-41-34-29-24-21-22-27-32-38-45-52-59-72(2)3)70-95-99(87,88)93-66-75(82)67-94-100(89,90)96-71-77(69-92-79(84)63-56-49-44-37-40-47-54-61-74(6)7)98-81(86)65-58-51-43-36-31-26-25-28-33-39-46-53-60-73(4)5/h72-77,82H,8-71H2,1-7H3,(H,87,88)(H,89,90)/t75-,76-,77-/m1/s1. The second-order valence-electron chi connectivity index (χ2n) is 30.6. The maximum Gasteiger partial charge on any atom is 0.472 e.